The van der Waals surface area contributed by atoms with E-state index in [1.54, 1.807) is 6.07 Å². The highest BCUT2D eigenvalue weighted by atomic mass is 16.5. The Morgan fingerprint density at radius 1 is 0.806 bits per heavy atom. The average molecular weight is 487 g/mol. The summed E-state index contributed by atoms with van der Waals surface area (Å²) in [4.78, 5) is 4.89. The molecule has 0 bridgehead atoms. The first-order chi connectivity index (χ1) is 17.7. The van der Waals surface area contributed by atoms with Gasteiger partial charge in [-0.2, -0.15) is 0 Å². The molecular weight excluding hydrogens is 444 g/mol. The maximum absolute atomic E-state index is 9.19. The van der Waals surface area contributed by atoms with Crippen LogP contribution in [-0.4, -0.2) is 42.8 Å². The van der Waals surface area contributed by atoms with Crippen LogP contribution in [0.25, 0.3) is 0 Å². The van der Waals surface area contributed by atoms with E-state index in [1.807, 2.05) is 12.1 Å². The van der Waals surface area contributed by atoms with Gasteiger partial charge in [0.2, 0.25) is 0 Å². The summed E-state index contributed by atoms with van der Waals surface area (Å²) >= 11 is 0. The molecule has 192 valence electrons. The molecule has 36 heavy (non-hydrogen) atoms. The molecule has 1 aliphatic carbocycles. The van der Waals surface area contributed by atoms with Crippen molar-refractivity contribution < 1.29 is 9.84 Å². The number of fused-ring (bicyclic) bond motifs is 1. The molecule has 4 nitrogen and oxygen atoms in total. The second kappa shape index (κ2) is 13.9. The molecule has 0 radical (unpaired) electrons. The maximum atomic E-state index is 9.19. The Kier molecular flexibility index (Phi) is 10.1. The largest absolute Gasteiger partial charge is 0.508 e. The summed E-state index contributed by atoms with van der Waals surface area (Å²) in [5.41, 5.74) is 5.35. The zero-order valence-corrected chi connectivity index (χ0v) is 21.9. The lowest BCUT2D eigenvalue weighted by atomic mass is 9.92. The van der Waals surface area contributed by atoms with Crippen molar-refractivity contribution in [2.24, 2.45) is 0 Å². The molecule has 3 aromatic rings. The van der Waals surface area contributed by atoms with Crippen LogP contribution in [0.1, 0.15) is 55.7 Å². The number of para-hydroxylation sites is 1. The molecule has 1 saturated heterocycles. The number of piperidine rings is 1. The van der Waals surface area contributed by atoms with Crippen molar-refractivity contribution in [3.8, 4) is 11.5 Å². The van der Waals surface area contributed by atoms with E-state index in [2.05, 4.69) is 71.3 Å². The minimum atomic E-state index is 0.408. The summed E-state index contributed by atoms with van der Waals surface area (Å²) in [6.07, 6.45) is 8.97. The van der Waals surface area contributed by atoms with Crippen LogP contribution in [0.3, 0.4) is 0 Å². The number of rotatable bonds is 8. The van der Waals surface area contributed by atoms with Gasteiger partial charge in [0, 0.05) is 25.3 Å². The molecule has 0 aromatic heterocycles. The average Bonchev–Trinajstić information content (AvgIpc) is 2.94. The van der Waals surface area contributed by atoms with E-state index in [0.29, 0.717) is 5.75 Å². The Hall–Kier alpha value is -2.98. The second-order valence-corrected chi connectivity index (χ2v) is 9.90. The molecule has 1 heterocycles. The number of phenols is 1. The predicted molar refractivity (Wildman–Crippen MR) is 150 cm³/mol. The van der Waals surface area contributed by atoms with Gasteiger partial charge in [0.05, 0.1) is 0 Å². The lowest BCUT2D eigenvalue weighted by Crippen LogP contribution is -2.33. The number of anilines is 1. The summed E-state index contributed by atoms with van der Waals surface area (Å²) < 4.78 is 5.92. The van der Waals surface area contributed by atoms with Gasteiger partial charge < -0.3 is 14.7 Å². The number of aryl methyl sites for hydroxylation is 2. The van der Waals surface area contributed by atoms with E-state index in [0.717, 1.165) is 38.4 Å². The highest BCUT2D eigenvalue weighted by molar-refractivity contribution is 5.46. The summed E-state index contributed by atoms with van der Waals surface area (Å²) in [6, 6.07) is 24.9. The van der Waals surface area contributed by atoms with Crippen LogP contribution in [0.2, 0.25) is 0 Å². The molecule has 0 atom stereocenters. The molecule has 1 N–H and O–H groups in total. The van der Waals surface area contributed by atoms with Crippen LogP contribution in [0.5, 0.6) is 11.5 Å². The van der Waals surface area contributed by atoms with Crippen molar-refractivity contribution >= 4 is 5.69 Å². The standard InChI is InChI=1S/C22H30N2O.C10H12O/c1-2-24(21-9-5-3-6-10-21)19-20-11-13-22(14-12-20)25-18-17-23-15-7-4-8-16-23;11-10-6-5-8-3-1-2-4-9(8)7-10/h3,5-6,9-14H,2,4,7-8,15-19H2,1H3;5-7,11H,1-4H2. The third kappa shape index (κ3) is 8.03. The third-order valence-corrected chi connectivity index (χ3v) is 7.26. The van der Waals surface area contributed by atoms with Crippen molar-refractivity contribution in [1.82, 2.24) is 4.90 Å². The molecule has 0 amide bonds. The summed E-state index contributed by atoms with van der Waals surface area (Å²) in [7, 11) is 0. The normalized spacial score (nSPS) is 15.4. The van der Waals surface area contributed by atoms with E-state index in [-0.39, 0.29) is 0 Å². The number of benzene rings is 3. The molecule has 5 rings (SSSR count). The molecule has 2 aliphatic rings. The van der Waals surface area contributed by atoms with E-state index >= 15 is 0 Å². The lowest BCUT2D eigenvalue weighted by Gasteiger charge is -2.26. The highest BCUT2D eigenvalue weighted by Crippen LogP contribution is 2.24. The van der Waals surface area contributed by atoms with Gasteiger partial charge >= 0.3 is 0 Å². The van der Waals surface area contributed by atoms with E-state index < -0.39 is 0 Å². The number of phenolic OH excluding ortho intramolecular Hbond substituents is 1. The van der Waals surface area contributed by atoms with Crippen LogP contribution in [0.4, 0.5) is 5.69 Å². The first-order valence-electron chi connectivity index (χ1n) is 13.8. The smallest absolute Gasteiger partial charge is 0.119 e. The Morgan fingerprint density at radius 3 is 2.25 bits per heavy atom. The molecule has 1 fully saturated rings. The quantitative estimate of drug-likeness (QED) is 0.378. The number of nitrogens with zero attached hydrogens (tertiary/aromatic N) is 2. The van der Waals surface area contributed by atoms with Crippen molar-refractivity contribution in [2.45, 2.75) is 58.4 Å². The Balaban J connectivity index is 0.000000229. The molecule has 0 unspecified atom stereocenters. The van der Waals surface area contributed by atoms with Gasteiger partial charge in [0.15, 0.2) is 0 Å². The number of hydrogen-bond donors (Lipinski definition) is 1. The highest BCUT2D eigenvalue weighted by Gasteiger charge is 2.10. The first-order valence-corrected chi connectivity index (χ1v) is 13.8. The number of ether oxygens (including phenoxy) is 1. The predicted octanol–water partition coefficient (Wildman–Crippen LogP) is 6.85. The van der Waals surface area contributed by atoms with E-state index in [4.69, 9.17) is 4.74 Å². The van der Waals surface area contributed by atoms with Crippen LogP contribution in [0.15, 0.2) is 72.8 Å². The molecule has 4 heteroatoms. The SMILES string of the molecule is CCN(Cc1ccc(OCCN2CCCCC2)cc1)c1ccccc1.Oc1ccc2c(c1)CCCC2. The molecule has 0 saturated carbocycles. The van der Waals surface area contributed by atoms with Crippen LogP contribution < -0.4 is 9.64 Å². The van der Waals surface area contributed by atoms with Gasteiger partial charge in [-0.3, -0.25) is 4.90 Å². The molecular formula is C32H42N2O2. The number of hydrogen-bond acceptors (Lipinski definition) is 4. The van der Waals surface area contributed by atoms with Gasteiger partial charge in [0.25, 0.3) is 0 Å². The zero-order valence-electron chi connectivity index (χ0n) is 21.9. The topological polar surface area (TPSA) is 35.9 Å². The maximum Gasteiger partial charge on any atom is 0.119 e. The van der Waals surface area contributed by atoms with Crippen molar-refractivity contribution in [3.05, 3.63) is 89.5 Å². The van der Waals surface area contributed by atoms with Gasteiger partial charge in [-0.15, -0.1) is 0 Å². The Morgan fingerprint density at radius 2 is 1.53 bits per heavy atom. The fourth-order valence-corrected chi connectivity index (χ4v) is 5.13. The summed E-state index contributed by atoms with van der Waals surface area (Å²) in [6.45, 7) is 8.41. The van der Waals surface area contributed by atoms with Crippen LogP contribution in [-0.2, 0) is 19.4 Å². The van der Waals surface area contributed by atoms with Crippen molar-refractivity contribution in [1.29, 1.82) is 0 Å². The summed E-state index contributed by atoms with van der Waals surface area (Å²) in [5, 5.41) is 9.19. The fourth-order valence-electron chi connectivity index (χ4n) is 5.13. The zero-order chi connectivity index (χ0) is 25.0. The van der Waals surface area contributed by atoms with E-state index in [9.17, 15) is 5.11 Å². The van der Waals surface area contributed by atoms with Crippen molar-refractivity contribution in [2.75, 3.05) is 37.7 Å². The monoisotopic (exact) mass is 486 g/mol. The van der Waals surface area contributed by atoms with Crippen LogP contribution in [0, 0.1) is 0 Å². The fraction of sp³-hybridized carbons (Fsp3) is 0.438. The Labute approximate surface area is 217 Å². The second-order valence-electron chi connectivity index (χ2n) is 9.90. The minimum Gasteiger partial charge on any atom is -0.508 e. The number of likely N-dealkylation sites (tertiary alicyclic amines) is 1. The first kappa shape index (κ1) is 26.1. The van der Waals surface area contributed by atoms with E-state index in [1.165, 1.54) is 74.0 Å². The number of aromatic hydroxyl groups is 1. The lowest BCUT2D eigenvalue weighted by molar-refractivity contribution is 0.183. The third-order valence-electron chi connectivity index (χ3n) is 7.26. The van der Waals surface area contributed by atoms with Crippen molar-refractivity contribution in [3.63, 3.8) is 0 Å². The van der Waals surface area contributed by atoms with Gasteiger partial charge in [-0.1, -0.05) is 42.8 Å². The molecule has 3 aromatic carbocycles. The molecule has 1 aliphatic heterocycles. The Bertz CT molecular complexity index is 1030. The minimum absolute atomic E-state index is 0.408. The molecule has 0 spiro atoms. The van der Waals surface area contributed by atoms with Gasteiger partial charge in [0.1, 0.15) is 18.1 Å². The van der Waals surface area contributed by atoms with Gasteiger partial charge in [-0.25, -0.2) is 0 Å². The van der Waals surface area contributed by atoms with Crippen LogP contribution >= 0.6 is 0 Å². The summed E-state index contributed by atoms with van der Waals surface area (Å²) in [5.74, 6) is 1.38. The van der Waals surface area contributed by atoms with Gasteiger partial charge in [-0.05, 0) is 112 Å².